The molecule has 3 atom stereocenters. The highest BCUT2D eigenvalue weighted by Gasteiger charge is 2.41. The quantitative estimate of drug-likeness (QED) is 0.623. The second kappa shape index (κ2) is 4.14. The van der Waals surface area contributed by atoms with E-state index in [4.69, 9.17) is 4.74 Å². The molecule has 9 heteroatoms. The molecule has 0 bridgehead atoms. The summed E-state index contributed by atoms with van der Waals surface area (Å²) < 4.78 is 18.8. The summed E-state index contributed by atoms with van der Waals surface area (Å²) in [5.74, 6) is -0.385. The Hall–Kier alpha value is -2.26. The first-order chi connectivity index (χ1) is 9.13. The molecule has 0 aliphatic carbocycles. The fraction of sp³-hybridized carbons (Fsp3) is 0.300. The Kier molecular flexibility index (Phi) is 2.57. The molecule has 2 aromatic heterocycles. The first-order valence-electron chi connectivity index (χ1n) is 5.36. The molecule has 3 rings (SSSR count). The van der Waals surface area contributed by atoms with Crippen molar-refractivity contribution >= 4 is 11.2 Å². The van der Waals surface area contributed by atoms with Gasteiger partial charge in [-0.2, -0.15) is 0 Å². The number of hydrogen-bond donors (Lipinski definition) is 3. The van der Waals surface area contributed by atoms with Crippen molar-refractivity contribution in [2.45, 2.75) is 18.4 Å². The SMILES string of the molecule is O=c1[nH]cnc2c1ncn2C1O/C(=C/F)C(O)C1O. The van der Waals surface area contributed by atoms with Gasteiger partial charge in [0.05, 0.1) is 6.33 Å². The van der Waals surface area contributed by atoms with Crippen LogP contribution >= 0.6 is 0 Å². The highest BCUT2D eigenvalue weighted by atomic mass is 19.1. The predicted molar refractivity (Wildman–Crippen MR) is 59.5 cm³/mol. The highest BCUT2D eigenvalue weighted by molar-refractivity contribution is 5.68. The third-order valence-corrected chi connectivity index (χ3v) is 2.91. The number of fused-ring (bicyclic) bond motifs is 1. The highest BCUT2D eigenvalue weighted by Crippen LogP contribution is 2.33. The van der Waals surface area contributed by atoms with E-state index in [1.54, 1.807) is 0 Å². The monoisotopic (exact) mass is 268 g/mol. The van der Waals surface area contributed by atoms with Crippen molar-refractivity contribution in [1.82, 2.24) is 19.5 Å². The topological polar surface area (TPSA) is 113 Å². The van der Waals surface area contributed by atoms with Crippen LogP contribution in [0.5, 0.6) is 0 Å². The average Bonchev–Trinajstić information content (AvgIpc) is 2.94. The van der Waals surface area contributed by atoms with Gasteiger partial charge in [-0.3, -0.25) is 9.36 Å². The van der Waals surface area contributed by atoms with E-state index in [9.17, 15) is 19.4 Å². The Morgan fingerprint density at radius 2 is 2.26 bits per heavy atom. The minimum atomic E-state index is -1.48. The molecule has 2 aromatic rings. The van der Waals surface area contributed by atoms with Gasteiger partial charge in [-0.05, 0) is 0 Å². The van der Waals surface area contributed by atoms with E-state index in [0.717, 1.165) is 0 Å². The summed E-state index contributed by atoms with van der Waals surface area (Å²) in [6.07, 6.45) is -1.49. The van der Waals surface area contributed by atoms with Crippen molar-refractivity contribution in [2.24, 2.45) is 0 Å². The average molecular weight is 268 g/mol. The van der Waals surface area contributed by atoms with Crippen LogP contribution in [0.3, 0.4) is 0 Å². The second-order valence-corrected chi connectivity index (χ2v) is 4.01. The zero-order chi connectivity index (χ0) is 13.6. The summed E-state index contributed by atoms with van der Waals surface area (Å²) in [5, 5.41) is 19.4. The number of halogens is 1. The molecule has 3 N–H and O–H groups in total. The summed E-state index contributed by atoms with van der Waals surface area (Å²) in [5.41, 5.74) is -0.219. The molecule has 0 spiro atoms. The molecule has 1 aliphatic rings. The minimum absolute atomic E-state index is 0.0606. The van der Waals surface area contributed by atoms with Gasteiger partial charge in [0.2, 0.25) is 6.23 Å². The van der Waals surface area contributed by atoms with Crippen LogP contribution in [-0.2, 0) is 4.74 Å². The molecular formula is C10H9FN4O4. The number of ether oxygens (including phenoxy) is 1. The number of aromatic nitrogens is 4. The number of nitrogens with zero attached hydrogens (tertiary/aromatic N) is 3. The predicted octanol–water partition coefficient (Wildman–Crippen LogP) is -0.819. The van der Waals surface area contributed by atoms with Crippen molar-refractivity contribution in [3.8, 4) is 0 Å². The Morgan fingerprint density at radius 3 is 2.95 bits per heavy atom. The van der Waals surface area contributed by atoms with Crippen LogP contribution in [-0.4, -0.2) is 41.9 Å². The van der Waals surface area contributed by atoms with E-state index < -0.39 is 24.0 Å². The molecule has 0 aromatic carbocycles. The smallest absolute Gasteiger partial charge is 0.278 e. The number of aromatic amines is 1. The number of imidazole rings is 1. The van der Waals surface area contributed by atoms with E-state index in [1.165, 1.54) is 17.2 Å². The zero-order valence-corrected chi connectivity index (χ0v) is 9.39. The number of rotatable bonds is 1. The van der Waals surface area contributed by atoms with Crippen molar-refractivity contribution < 1.29 is 19.3 Å². The van der Waals surface area contributed by atoms with Gasteiger partial charge in [0.1, 0.15) is 24.9 Å². The van der Waals surface area contributed by atoms with Crippen molar-refractivity contribution in [3.63, 3.8) is 0 Å². The maximum Gasteiger partial charge on any atom is 0.278 e. The number of H-pyrrole nitrogens is 1. The van der Waals surface area contributed by atoms with E-state index in [2.05, 4.69) is 15.0 Å². The van der Waals surface area contributed by atoms with Gasteiger partial charge >= 0.3 is 0 Å². The van der Waals surface area contributed by atoms with Gasteiger partial charge in [0.25, 0.3) is 5.56 Å². The van der Waals surface area contributed by atoms with E-state index in [1.807, 2.05) is 0 Å². The summed E-state index contributed by atoms with van der Waals surface area (Å²) in [4.78, 5) is 21.6. The zero-order valence-electron chi connectivity index (χ0n) is 9.39. The molecule has 0 saturated carbocycles. The molecule has 1 fully saturated rings. The Bertz CT molecular complexity index is 709. The fourth-order valence-corrected chi connectivity index (χ4v) is 1.96. The molecule has 3 heterocycles. The largest absolute Gasteiger partial charge is 0.466 e. The van der Waals surface area contributed by atoms with Gasteiger partial charge in [-0.25, -0.2) is 14.4 Å². The molecule has 3 unspecified atom stereocenters. The van der Waals surface area contributed by atoms with Crippen molar-refractivity contribution in [3.05, 3.63) is 35.1 Å². The summed E-state index contributed by atoms with van der Waals surface area (Å²) in [6, 6.07) is 0. The number of aliphatic hydroxyl groups excluding tert-OH is 2. The maximum absolute atomic E-state index is 12.5. The first kappa shape index (κ1) is 11.8. The second-order valence-electron chi connectivity index (χ2n) is 4.01. The molecule has 0 radical (unpaired) electrons. The van der Waals surface area contributed by atoms with Crippen molar-refractivity contribution in [2.75, 3.05) is 0 Å². The number of nitrogens with one attached hydrogen (secondary N) is 1. The first-order valence-corrected chi connectivity index (χ1v) is 5.36. The van der Waals surface area contributed by atoms with Gasteiger partial charge in [0, 0.05) is 0 Å². The van der Waals surface area contributed by atoms with Crippen LogP contribution in [0.15, 0.2) is 29.5 Å². The third-order valence-electron chi connectivity index (χ3n) is 2.91. The normalized spacial score (nSPS) is 29.0. The Morgan fingerprint density at radius 1 is 1.47 bits per heavy atom. The van der Waals surface area contributed by atoms with Crippen LogP contribution in [0.2, 0.25) is 0 Å². The van der Waals surface area contributed by atoms with Crippen LogP contribution in [0.4, 0.5) is 4.39 Å². The lowest BCUT2D eigenvalue weighted by Gasteiger charge is -2.15. The number of aliphatic hydroxyl groups is 2. The summed E-state index contributed by atoms with van der Waals surface area (Å²) in [6.45, 7) is 0. The minimum Gasteiger partial charge on any atom is -0.466 e. The van der Waals surface area contributed by atoms with Crippen LogP contribution < -0.4 is 5.56 Å². The summed E-state index contributed by atoms with van der Waals surface area (Å²) in [7, 11) is 0. The van der Waals surface area contributed by atoms with E-state index >= 15 is 0 Å². The Balaban J connectivity index is 2.11. The molecule has 1 aliphatic heterocycles. The van der Waals surface area contributed by atoms with Gasteiger partial charge in [-0.1, -0.05) is 0 Å². The fourth-order valence-electron chi connectivity index (χ4n) is 1.96. The van der Waals surface area contributed by atoms with Crippen molar-refractivity contribution in [1.29, 1.82) is 0 Å². The number of hydrogen-bond acceptors (Lipinski definition) is 6. The Labute approximate surface area is 104 Å². The standard InChI is InChI=1S/C10H9FN4O4/c11-1-4-6(16)7(17)10(19-4)15-3-14-5-8(15)12-2-13-9(5)18/h1-3,6-7,10,16-17H,(H,12,13,18)/b4-1+. The molecule has 8 nitrogen and oxygen atoms in total. The van der Waals surface area contributed by atoms with E-state index in [0.29, 0.717) is 0 Å². The summed E-state index contributed by atoms with van der Waals surface area (Å²) >= 11 is 0. The van der Waals surface area contributed by atoms with Crippen LogP contribution in [0, 0.1) is 0 Å². The van der Waals surface area contributed by atoms with Crippen LogP contribution in [0.25, 0.3) is 11.2 Å². The van der Waals surface area contributed by atoms with Gasteiger partial charge in [-0.15, -0.1) is 0 Å². The van der Waals surface area contributed by atoms with E-state index in [-0.39, 0.29) is 23.3 Å². The molecule has 19 heavy (non-hydrogen) atoms. The maximum atomic E-state index is 12.5. The lowest BCUT2D eigenvalue weighted by molar-refractivity contribution is -0.0120. The van der Waals surface area contributed by atoms with Crippen LogP contribution in [0.1, 0.15) is 6.23 Å². The molecule has 0 amide bonds. The molecule has 1 saturated heterocycles. The lowest BCUT2D eigenvalue weighted by Crippen LogP contribution is -2.27. The third kappa shape index (κ3) is 1.63. The van der Waals surface area contributed by atoms with Gasteiger partial charge in [0.15, 0.2) is 16.9 Å². The molecular weight excluding hydrogens is 259 g/mol. The van der Waals surface area contributed by atoms with Gasteiger partial charge < -0.3 is 19.9 Å². The lowest BCUT2D eigenvalue weighted by atomic mass is 10.2. The molecule has 100 valence electrons.